The van der Waals surface area contributed by atoms with Crippen LogP contribution in [0.3, 0.4) is 0 Å². The molecular weight excluding hydrogens is 428 g/mol. The fourth-order valence-corrected chi connectivity index (χ4v) is 4.58. The molecule has 1 N–H and O–H groups in total. The highest BCUT2D eigenvalue weighted by atomic mass is 16.2. The first-order valence-corrected chi connectivity index (χ1v) is 11.6. The van der Waals surface area contributed by atoms with E-state index in [2.05, 4.69) is 47.3 Å². The zero-order valence-electron chi connectivity index (χ0n) is 19.7. The van der Waals surface area contributed by atoms with E-state index in [1.54, 1.807) is 4.68 Å². The minimum atomic E-state index is -0.297. The average Bonchev–Trinajstić information content (AvgIpc) is 3.25. The smallest absolute Gasteiger partial charge is 0.281 e. The van der Waals surface area contributed by atoms with Gasteiger partial charge < -0.3 is 9.88 Å². The van der Waals surface area contributed by atoms with Crippen LogP contribution in [0, 0.1) is 20.8 Å². The summed E-state index contributed by atoms with van der Waals surface area (Å²) in [6.07, 6.45) is 1.70. The van der Waals surface area contributed by atoms with Crippen molar-refractivity contribution in [3.8, 4) is 0 Å². The van der Waals surface area contributed by atoms with E-state index in [0.717, 1.165) is 35.1 Å². The molecule has 2 aromatic heterocycles. The van der Waals surface area contributed by atoms with Gasteiger partial charge in [0, 0.05) is 24.6 Å². The Hall–Kier alpha value is -3.81. The number of hydrogen-bond acceptors (Lipinski definition) is 5. The third-order valence-electron chi connectivity index (χ3n) is 6.61. The number of aromatic amines is 1. The maximum Gasteiger partial charge on any atom is 0.281 e. The standard InChI is InChI=1S/C26H28N6O2/c1-16-7-10-19(11-8-16)26(34)31-12-4-5-20(14-31)23-27-24-22(25(33)28-23)29-30-32(24)15-21-13-17(2)6-9-18(21)3/h6-11,13,20H,4-5,12,14-15H2,1-3H3,(H,27,28,33). The number of carbonyl (C=O) groups is 1. The van der Waals surface area contributed by atoms with Crippen molar-refractivity contribution in [2.24, 2.45) is 0 Å². The third kappa shape index (κ3) is 4.23. The highest BCUT2D eigenvalue weighted by Crippen LogP contribution is 2.26. The molecule has 0 bridgehead atoms. The molecule has 1 amide bonds. The quantitative estimate of drug-likeness (QED) is 0.507. The topological polar surface area (TPSA) is 96.8 Å². The summed E-state index contributed by atoms with van der Waals surface area (Å²) in [5.74, 6) is 0.544. The summed E-state index contributed by atoms with van der Waals surface area (Å²) in [7, 11) is 0. The number of nitrogens with one attached hydrogen (secondary N) is 1. The lowest BCUT2D eigenvalue weighted by Gasteiger charge is -2.32. The number of piperidine rings is 1. The predicted octanol–water partition coefficient (Wildman–Crippen LogP) is 3.51. The van der Waals surface area contributed by atoms with Crippen LogP contribution in [0.15, 0.2) is 47.3 Å². The van der Waals surface area contributed by atoms with E-state index in [1.165, 1.54) is 0 Å². The number of amides is 1. The monoisotopic (exact) mass is 456 g/mol. The summed E-state index contributed by atoms with van der Waals surface area (Å²) in [6, 6.07) is 13.9. The number of aryl methyl sites for hydroxylation is 3. The number of fused-ring (bicyclic) bond motifs is 1. The molecule has 1 aliphatic heterocycles. The van der Waals surface area contributed by atoms with Gasteiger partial charge >= 0.3 is 0 Å². The summed E-state index contributed by atoms with van der Waals surface area (Å²) in [5, 5.41) is 8.30. The van der Waals surface area contributed by atoms with Gasteiger partial charge in [0.25, 0.3) is 11.5 Å². The van der Waals surface area contributed by atoms with E-state index < -0.39 is 0 Å². The Morgan fingerprint density at radius 2 is 1.85 bits per heavy atom. The van der Waals surface area contributed by atoms with Crippen molar-refractivity contribution in [1.29, 1.82) is 0 Å². The highest BCUT2D eigenvalue weighted by Gasteiger charge is 2.28. The van der Waals surface area contributed by atoms with Crippen molar-refractivity contribution < 1.29 is 4.79 Å². The Bertz CT molecular complexity index is 1420. The molecule has 5 rings (SSSR count). The van der Waals surface area contributed by atoms with Crippen molar-refractivity contribution in [3.63, 3.8) is 0 Å². The van der Waals surface area contributed by atoms with Crippen LogP contribution >= 0.6 is 0 Å². The Labute approximate surface area is 197 Å². The number of carbonyl (C=O) groups excluding carboxylic acids is 1. The summed E-state index contributed by atoms with van der Waals surface area (Å²) in [6.45, 7) is 7.81. The summed E-state index contributed by atoms with van der Waals surface area (Å²) < 4.78 is 1.69. The molecule has 4 aromatic rings. The van der Waals surface area contributed by atoms with E-state index in [1.807, 2.05) is 36.1 Å². The Morgan fingerprint density at radius 1 is 1.09 bits per heavy atom. The lowest BCUT2D eigenvalue weighted by molar-refractivity contribution is 0.0704. The number of hydrogen-bond donors (Lipinski definition) is 1. The van der Waals surface area contributed by atoms with Gasteiger partial charge in [-0.3, -0.25) is 9.59 Å². The molecule has 2 aromatic carbocycles. The van der Waals surface area contributed by atoms with Crippen LogP contribution in [0.4, 0.5) is 0 Å². The van der Waals surface area contributed by atoms with Gasteiger partial charge in [0.2, 0.25) is 0 Å². The van der Waals surface area contributed by atoms with E-state index in [9.17, 15) is 9.59 Å². The second kappa shape index (κ2) is 8.85. The van der Waals surface area contributed by atoms with Crippen LogP contribution in [-0.2, 0) is 6.54 Å². The van der Waals surface area contributed by atoms with Gasteiger partial charge in [0.05, 0.1) is 6.54 Å². The molecule has 1 fully saturated rings. The minimum absolute atomic E-state index is 0.00903. The Morgan fingerprint density at radius 3 is 2.65 bits per heavy atom. The molecule has 3 heterocycles. The fraction of sp³-hybridized carbons (Fsp3) is 0.346. The lowest BCUT2D eigenvalue weighted by Crippen LogP contribution is -2.40. The van der Waals surface area contributed by atoms with Crippen molar-refractivity contribution in [3.05, 3.63) is 86.5 Å². The van der Waals surface area contributed by atoms with E-state index in [4.69, 9.17) is 4.98 Å². The van der Waals surface area contributed by atoms with Gasteiger partial charge in [-0.05, 0) is 56.9 Å². The zero-order chi connectivity index (χ0) is 23.8. The first kappa shape index (κ1) is 22.0. The molecule has 1 saturated heterocycles. The van der Waals surface area contributed by atoms with Crippen LogP contribution in [0.1, 0.15) is 57.2 Å². The highest BCUT2D eigenvalue weighted by molar-refractivity contribution is 5.94. The summed E-state index contributed by atoms with van der Waals surface area (Å²) in [4.78, 5) is 35.4. The molecular formula is C26H28N6O2. The first-order valence-electron chi connectivity index (χ1n) is 11.6. The number of nitrogens with zero attached hydrogens (tertiary/aromatic N) is 5. The number of benzene rings is 2. The maximum atomic E-state index is 13.1. The molecule has 1 atom stereocenters. The van der Waals surface area contributed by atoms with Crippen LogP contribution in [0.5, 0.6) is 0 Å². The molecule has 0 aliphatic carbocycles. The SMILES string of the molecule is Cc1ccc(C(=O)N2CCCC(c3nc4c(nnn4Cc4cc(C)ccc4C)c(=O)[nH]3)C2)cc1. The molecule has 1 aliphatic rings. The van der Waals surface area contributed by atoms with Gasteiger partial charge in [0.15, 0.2) is 11.2 Å². The molecule has 8 heteroatoms. The third-order valence-corrected chi connectivity index (χ3v) is 6.61. The van der Waals surface area contributed by atoms with Crippen molar-refractivity contribution in [2.45, 2.75) is 46.1 Å². The van der Waals surface area contributed by atoms with Gasteiger partial charge in [-0.25, -0.2) is 9.67 Å². The molecule has 0 spiro atoms. The molecule has 174 valence electrons. The number of H-pyrrole nitrogens is 1. The van der Waals surface area contributed by atoms with Crippen LogP contribution in [0.25, 0.3) is 11.2 Å². The molecule has 0 radical (unpaired) electrons. The second-order valence-corrected chi connectivity index (χ2v) is 9.26. The van der Waals surface area contributed by atoms with Gasteiger partial charge in [0.1, 0.15) is 5.82 Å². The average molecular weight is 457 g/mol. The number of likely N-dealkylation sites (tertiary alicyclic amines) is 1. The first-order chi connectivity index (χ1) is 16.4. The van der Waals surface area contributed by atoms with Crippen LogP contribution in [0.2, 0.25) is 0 Å². The van der Waals surface area contributed by atoms with Gasteiger partial charge in [-0.2, -0.15) is 0 Å². The summed E-state index contributed by atoms with van der Waals surface area (Å²) in [5.41, 5.74) is 5.64. The van der Waals surface area contributed by atoms with E-state index in [-0.39, 0.29) is 22.9 Å². The summed E-state index contributed by atoms with van der Waals surface area (Å²) >= 11 is 0. The molecule has 1 unspecified atom stereocenters. The van der Waals surface area contributed by atoms with Crippen LogP contribution < -0.4 is 5.56 Å². The van der Waals surface area contributed by atoms with Gasteiger partial charge in [-0.1, -0.05) is 46.7 Å². The molecule has 34 heavy (non-hydrogen) atoms. The zero-order valence-corrected chi connectivity index (χ0v) is 19.7. The van der Waals surface area contributed by atoms with Crippen molar-refractivity contribution >= 4 is 17.1 Å². The largest absolute Gasteiger partial charge is 0.338 e. The lowest BCUT2D eigenvalue weighted by atomic mass is 9.96. The molecule has 8 nitrogen and oxygen atoms in total. The van der Waals surface area contributed by atoms with Crippen molar-refractivity contribution in [1.82, 2.24) is 29.9 Å². The Balaban J connectivity index is 1.43. The number of rotatable bonds is 4. The fourth-order valence-electron chi connectivity index (χ4n) is 4.58. The van der Waals surface area contributed by atoms with Gasteiger partial charge in [-0.15, -0.1) is 5.10 Å². The van der Waals surface area contributed by atoms with E-state index in [0.29, 0.717) is 36.7 Å². The Kier molecular flexibility index (Phi) is 5.73. The number of aromatic nitrogens is 5. The minimum Gasteiger partial charge on any atom is -0.338 e. The maximum absolute atomic E-state index is 13.1. The second-order valence-electron chi connectivity index (χ2n) is 9.26. The predicted molar refractivity (Wildman–Crippen MR) is 130 cm³/mol. The van der Waals surface area contributed by atoms with Crippen LogP contribution in [-0.4, -0.2) is 48.9 Å². The van der Waals surface area contributed by atoms with Crippen molar-refractivity contribution in [2.75, 3.05) is 13.1 Å². The van der Waals surface area contributed by atoms with E-state index >= 15 is 0 Å². The normalized spacial score (nSPS) is 16.2. The molecule has 0 saturated carbocycles.